The molecule has 0 saturated heterocycles. The summed E-state index contributed by atoms with van der Waals surface area (Å²) < 4.78 is 17.5. The second-order valence-corrected chi connectivity index (χ2v) is 4.24. The van der Waals surface area contributed by atoms with Gasteiger partial charge in [-0.05, 0) is 36.8 Å². The molecule has 1 aromatic rings. The standard InChI is InChI=1S/C14H15FN2O2/c1-19-14(18)9-2-7-13(12(16)8-9)17-11-5-3-10(15)4-6-11/h3-9,17H,2,16H2,1H3. The molecule has 0 amide bonds. The van der Waals surface area contributed by atoms with Gasteiger partial charge in [-0.3, -0.25) is 4.79 Å². The first kappa shape index (κ1) is 13.1. The van der Waals surface area contributed by atoms with E-state index in [9.17, 15) is 9.18 Å². The number of methoxy groups -OCH3 is 1. The van der Waals surface area contributed by atoms with Gasteiger partial charge in [0.15, 0.2) is 0 Å². The molecule has 0 fully saturated rings. The van der Waals surface area contributed by atoms with E-state index in [-0.39, 0.29) is 17.7 Å². The number of hydrogen-bond acceptors (Lipinski definition) is 4. The van der Waals surface area contributed by atoms with Crippen molar-refractivity contribution in [3.05, 3.63) is 53.6 Å². The molecule has 5 heteroatoms. The molecule has 4 nitrogen and oxygen atoms in total. The monoisotopic (exact) mass is 262 g/mol. The molecular weight excluding hydrogens is 247 g/mol. The zero-order valence-electron chi connectivity index (χ0n) is 10.5. The molecule has 0 aromatic heterocycles. The van der Waals surface area contributed by atoms with E-state index in [0.29, 0.717) is 17.8 Å². The smallest absolute Gasteiger partial charge is 0.312 e. The Bertz CT molecular complexity index is 535. The van der Waals surface area contributed by atoms with E-state index in [1.807, 2.05) is 6.08 Å². The molecule has 1 aliphatic rings. The average molecular weight is 262 g/mol. The molecule has 100 valence electrons. The van der Waals surface area contributed by atoms with Gasteiger partial charge in [0.05, 0.1) is 24.4 Å². The normalized spacial score (nSPS) is 18.3. The van der Waals surface area contributed by atoms with Crippen LogP contribution in [0, 0.1) is 11.7 Å². The second kappa shape index (κ2) is 5.56. The minimum Gasteiger partial charge on any atom is -0.469 e. The maximum absolute atomic E-state index is 12.8. The molecule has 0 heterocycles. The van der Waals surface area contributed by atoms with Gasteiger partial charge in [-0.2, -0.15) is 0 Å². The number of halogens is 1. The van der Waals surface area contributed by atoms with Gasteiger partial charge in [0.1, 0.15) is 5.82 Å². The lowest BCUT2D eigenvalue weighted by atomic mass is 9.97. The predicted molar refractivity (Wildman–Crippen MR) is 70.5 cm³/mol. The lowest BCUT2D eigenvalue weighted by Crippen LogP contribution is -2.21. The first-order valence-electron chi connectivity index (χ1n) is 5.88. The molecule has 0 saturated carbocycles. The fourth-order valence-corrected chi connectivity index (χ4v) is 1.86. The molecule has 0 aliphatic heterocycles. The summed E-state index contributed by atoms with van der Waals surface area (Å²) in [4.78, 5) is 11.4. The largest absolute Gasteiger partial charge is 0.469 e. The van der Waals surface area contributed by atoms with Crippen LogP contribution < -0.4 is 11.1 Å². The maximum Gasteiger partial charge on any atom is 0.312 e. The van der Waals surface area contributed by atoms with Gasteiger partial charge in [0.25, 0.3) is 0 Å². The van der Waals surface area contributed by atoms with Crippen LogP contribution in [0.3, 0.4) is 0 Å². The molecule has 1 aromatic carbocycles. The number of esters is 1. The molecule has 1 atom stereocenters. The van der Waals surface area contributed by atoms with Gasteiger partial charge < -0.3 is 15.8 Å². The number of anilines is 1. The minimum absolute atomic E-state index is 0.294. The summed E-state index contributed by atoms with van der Waals surface area (Å²) in [5, 5.41) is 3.08. The number of allylic oxidation sites excluding steroid dienone is 1. The Morgan fingerprint density at radius 3 is 2.68 bits per heavy atom. The number of nitrogens with two attached hydrogens (primary N) is 1. The van der Waals surface area contributed by atoms with Crippen LogP contribution in [-0.2, 0) is 9.53 Å². The Balaban J connectivity index is 2.07. The Morgan fingerprint density at radius 1 is 1.42 bits per heavy atom. The second-order valence-electron chi connectivity index (χ2n) is 4.24. The van der Waals surface area contributed by atoms with Crippen molar-refractivity contribution in [2.45, 2.75) is 6.42 Å². The van der Waals surface area contributed by atoms with Crippen LogP contribution in [0.4, 0.5) is 10.1 Å². The van der Waals surface area contributed by atoms with Crippen molar-refractivity contribution in [2.24, 2.45) is 11.7 Å². The molecule has 1 unspecified atom stereocenters. The highest BCUT2D eigenvalue weighted by Crippen LogP contribution is 2.22. The number of benzene rings is 1. The third-order valence-electron chi connectivity index (χ3n) is 2.89. The lowest BCUT2D eigenvalue weighted by Gasteiger charge is -2.19. The van der Waals surface area contributed by atoms with Crippen LogP contribution in [0.5, 0.6) is 0 Å². The third kappa shape index (κ3) is 3.13. The summed E-state index contributed by atoms with van der Waals surface area (Å²) in [6.45, 7) is 0. The van der Waals surface area contributed by atoms with Crippen LogP contribution in [0.15, 0.2) is 47.8 Å². The highest BCUT2D eigenvalue weighted by Gasteiger charge is 2.20. The van der Waals surface area contributed by atoms with E-state index < -0.39 is 0 Å². The Hall–Kier alpha value is -2.30. The average Bonchev–Trinajstić information content (AvgIpc) is 2.42. The van der Waals surface area contributed by atoms with E-state index in [0.717, 1.165) is 5.69 Å². The van der Waals surface area contributed by atoms with Gasteiger partial charge in [0.2, 0.25) is 0 Å². The maximum atomic E-state index is 12.8. The van der Waals surface area contributed by atoms with Crippen LogP contribution in [0.1, 0.15) is 6.42 Å². The molecule has 0 radical (unpaired) electrons. The number of hydrogen-bond donors (Lipinski definition) is 2. The first-order valence-corrected chi connectivity index (χ1v) is 5.88. The van der Waals surface area contributed by atoms with Crippen molar-refractivity contribution in [2.75, 3.05) is 12.4 Å². The Labute approximate surface area is 110 Å². The zero-order valence-corrected chi connectivity index (χ0v) is 10.5. The molecule has 0 spiro atoms. The summed E-state index contributed by atoms with van der Waals surface area (Å²) in [5.74, 6) is -0.943. The topological polar surface area (TPSA) is 64.3 Å². The highest BCUT2D eigenvalue weighted by atomic mass is 19.1. The summed E-state index contributed by atoms with van der Waals surface area (Å²) in [5.41, 5.74) is 7.82. The van der Waals surface area contributed by atoms with Gasteiger partial charge >= 0.3 is 5.97 Å². The van der Waals surface area contributed by atoms with Gasteiger partial charge in [-0.15, -0.1) is 0 Å². The number of rotatable bonds is 3. The van der Waals surface area contributed by atoms with Gasteiger partial charge in [-0.1, -0.05) is 6.08 Å². The zero-order chi connectivity index (χ0) is 13.8. The van der Waals surface area contributed by atoms with Gasteiger partial charge in [0, 0.05) is 5.69 Å². The fraction of sp³-hybridized carbons (Fsp3) is 0.214. The van der Waals surface area contributed by atoms with E-state index in [2.05, 4.69) is 10.1 Å². The number of carbonyl (C=O) groups excluding carboxylic acids is 1. The van der Waals surface area contributed by atoms with Gasteiger partial charge in [-0.25, -0.2) is 4.39 Å². The molecule has 1 aliphatic carbocycles. The van der Waals surface area contributed by atoms with Crippen molar-refractivity contribution < 1.29 is 13.9 Å². The molecule has 3 N–H and O–H groups in total. The summed E-state index contributed by atoms with van der Waals surface area (Å²) in [7, 11) is 1.35. The van der Waals surface area contributed by atoms with Crippen LogP contribution in [0.25, 0.3) is 0 Å². The van der Waals surface area contributed by atoms with Crippen LogP contribution >= 0.6 is 0 Å². The number of nitrogens with one attached hydrogen (secondary N) is 1. The van der Waals surface area contributed by atoms with Crippen molar-refractivity contribution in [3.8, 4) is 0 Å². The summed E-state index contributed by atoms with van der Waals surface area (Å²) in [6.07, 6.45) is 4.02. The van der Waals surface area contributed by atoms with Crippen molar-refractivity contribution in [1.29, 1.82) is 0 Å². The minimum atomic E-state index is -0.344. The SMILES string of the molecule is COC(=O)C1C=C(N)C(Nc2ccc(F)cc2)=CC1. The van der Waals surface area contributed by atoms with Crippen molar-refractivity contribution in [3.63, 3.8) is 0 Å². The fourth-order valence-electron chi connectivity index (χ4n) is 1.86. The molecule has 19 heavy (non-hydrogen) atoms. The van der Waals surface area contributed by atoms with E-state index in [1.165, 1.54) is 19.2 Å². The molecule has 2 rings (SSSR count). The lowest BCUT2D eigenvalue weighted by molar-refractivity contribution is -0.143. The molecule has 0 bridgehead atoms. The van der Waals surface area contributed by atoms with Crippen LogP contribution in [0.2, 0.25) is 0 Å². The number of carbonyl (C=O) groups is 1. The highest BCUT2D eigenvalue weighted by molar-refractivity contribution is 5.75. The Kier molecular flexibility index (Phi) is 3.85. The predicted octanol–water partition coefficient (Wildman–Crippen LogP) is 2.16. The van der Waals surface area contributed by atoms with Crippen molar-refractivity contribution >= 4 is 11.7 Å². The first-order chi connectivity index (χ1) is 9.10. The molecular formula is C14H15FN2O2. The van der Waals surface area contributed by atoms with E-state index in [1.54, 1.807) is 18.2 Å². The Morgan fingerprint density at radius 2 is 2.11 bits per heavy atom. The quantitative estimate of drug-likeness (QED) is 0.819. The summed E-state index contributed by atoms with van der Waals surface area (Å²) in [6, 6.07) is 5.97. The third-order valence-corrected chi connectivity index (χ3v) is 2.89. The van der Waals surface area contributed by atoms with Crippen LogP contribution in [-0.4, -0.2) is 13.1 Å². The summed E-state index contributed by atoms with van der Waals surface area (Å²) >= 11 is 0. The van der Waals surface area contributed by atoms with E-state index in [4.69, 9.17) is 5.73 Å². The van der Waals surface area contributed by atoms with E-state index >= 15 is 0 Å². The number of ether oxygens (including phenoxy) is 1. The van der Waals surface area contributed by atoms with Crippen molar-refractivity contribution in [1.82, 2.24) is 0 Å².